The van der Waals surface area contributed by atoms with E-state index in [9.17, 15) is 0 Å². The fourth-order valence-corrected chi connectivity index (χ4v) is 2.87. The predicted octanol–water partition coefficient (Wildman–Crippen LogP) is 0.662. The number of aliphatic imine (C=N–C) groups is 1. The molecule has 6 nitrogen and oxygen atoms in total. The summed E-state index contributed by atoms with van der Waals surface area (Å²) in [6, 6.07) is 4.26. The molecule has 6 heteroatoms. The van der Waals surface area contributed by atoms with Crippen LogP contribution in [0.1, 0.15) is 18.9 Å². The van der Waals surface area contributed by atoms with Crippen LogP contribution in [0.3, 0.4) is 0 Å². The third-order valence-corrected chi connectivity index (χ3v) is 4.31. The lowest BCUT2D eigenvalue weighted by atomic mass is 10.2. The molecule has 0 aliphatic carbocycles. The van der Waals surface area contributed by atoms with Gasteiger partial charge in [0.25, 0.3) is 0 Å². The van der Waals surface area contributed by atoms with E-state index in [1.807, 2.05) is 6.20 Å². The Morgan fingerprint density at radius 2 is 2.14 bits per heavy atom. The maximum atomic E-state index is 4.54. The molecular formula is C16H26N6. The van der Waals surface area contributed by atoms with Crippen LogP contribution in [0.5, 0.6) is 0 Å². The maximum Gasteiger partial charge on any atom is 0.191 e. The van der Waals surface area contributed by atoms with Gasteiger partial charge >= 0.3 is 0 Å². The Bertz CT molecular complexity index is 507. The molecule has 0 unspecified atom stereocenters. The van der Waals surface area contributed by atoms with Gasteiger partial charge in [-0.15, -0.1) is 0 Å². The lowest BCUT2D eigenvalue weighted by molar-refractivity contribution is 0.270. The van der Waals surface area contributed by atoms with Crippen molar-refractivity contribution in [2.75, 3.05) is 50.7 Å². The van der Waals surface area contributed by atoms with Crippen molar-refractivity contribution in [2.45, 2.75) is 19.9 Å². The van der Waals surface area contributed by atoms with Gasteiger partial charge in [0.05, 0.1) is 0 Å². The number of nitrogens with zero attached hydrogens (tertiary/aromatic N) is 4. The Labute approximate surface area is 132 Å². The highest BCUT2D eigenvalue weighted by molar-refractivity contribution is 5.80. The molecule has 2 N–H and O–H groups in total. The van der Waals surface area contributed by atoms with Crippen molar-refractivity contribution < 1.29 is 0 Å². The van der Waals surface area contributed by atoms with Gasteiger partial charge in [0.15, 0.2) is 5.96 Å². The highest BCUT2D eigenvalue weighted by atomic mass is 15.3. The van der Waals surface area contributed by atoms with Crippen LogP contribution in [-0.2, 0) is 6.54 Å². The zero-order chi connectivity index (χ0) is 15.2. The number of aromatic nitrogens is 1. The second kappa shape index (κ2) is 7.45. The van der Waals surface area contributed by atoms with E-state index < -0.39 is 0 Å². The van der Waals surface area contributed by atoms with E-state index in [0.717, 1.165) is 70.6 Å². The molecule has 1 fully saturated rings. The van der Waals surface area contributed by atoms with Gasteiger partial charge in [-0.25, -0.2) is 4.98 Å². The average Bonchev–Trinajstić information content (AvgIpc) is 2.61. The third kappa shape index (κ3) is 3.88. The summed E-state index contributed by atoms with van der Waals surface area (Å²) in [6.07, 6.45) is 3.03. The lowest BCUT2D eigenvalue weighted by Crippen LogP contribution is -2.46. The highest BCUT2D eigenvalue weighted by Crippen LogP contribution is 2.15. The van der Waals surface area contributed by atoms with Crippen molar-refractivity contribution in [3.63, 3.8) is 0 Å². The molecule has 0 spiro atoms. The molecule has 3 rings (SSSR count). The normalized spacial score (nSPS) is 19.5. The van der Waals surface area contributed by atoms with E-state index in [2.05, 4.69) is 49.5 Å². The quantitative estimate of drug-likeness (QED) is 0.856. The Balaban J connectivity index is 1.57. The number of hydrogen-bond donors (Lipinski definition) is 2. The number of anilines is 1. The monoisotopic (exact) mass is 302 g/mol. The Kier molecular flexibility index (Phi) is 5.11. The van der Waals surface area contributed by atoms with Crippen LogP contribution in [0.15, 0.2) is 23.3 Å². The minimum absolute atomic E-state index is 0.788. The van der Waals surface area contributed by atoms with E-state index in [1.54, 1.807) is 0 Å². The first-order chi connectivity index (χ1) is 10.8. The zero-order valence-corrected chi connectivity index (χ0v) is 13.4. The number of rotatable bonds is 4. The second-order valence-electron chi connectivity index (χ2n) is 5.81. The van der Waals surface area contributed by atoms with Crippen LogP contribution < -0.4 is 15.5 Å². The van der Waals surface area contributed by atoms with Gasteiger partial charge in [-0.05, 0) is 30.7 Å². The van der Waals surface area contributed by atoms with Gasteiger partial charge in [-0.3, -0.25) is 4.99 Å². The molecule has 1 aromatic heterocycles. The Morgan fingerprint density at radius 3 is 2.86 bits per heavy atom. The topological polar surface area (TPSA) is 55.8 Å². The summed E-state index contributed by atoms with van der Waals surface area (Å²) in [5, 5.41) is 6.65. The first-order valence-corrected chi connectivity index (χ1v) is 8.29. The predicted molar refractivity (Wildman–Crippen MR) is 90.3 cm³/mol. The first-order valence-electron chi connectivity index (χ1n) is 8.29. The van der Waals surface area contributed by atoms with Crippen LogP contribution in [0.25, 0.3) is 0 Å². The molecule has 0 radical (unpaired) electrons. The standard InChI is InChI=1S/C16H26N6/c1-2-21-8-10-22(11-9-21)15-12-14(4-7-17-15)13-20-16-18-5-3-6-19-16/h4,7,12H,2-3,5-6,8-11,13H2,1H3,(H2,18,19,20). The van der Waals surface area contributed by atoms with Crippen molar-refractivity contribution in [1.82, 2.24) is 20.5 Å². The molecule has 120 valence electrons. The SMILES string of the molecule is CCN1CCN(c2cc(CNC3=NCCCN3)ccn2)CC1. The van der Waals surface area contributed by atoms with Gasteiger partial charge in [0.1, 0.15) is 5.82 Å². The molecule has 0 bridgehead atoms. The van der Waals surface area contributed by atoms with Crippen molar-refractivity contribution in [3.8, 4) is 0 Å². The van der Waals surface area contributed by atoms with E-state index in [1.165, 1.54) is 5.56 Å². The lowest BCUT2D eigenvalue weighted by Gasteiger charge is -2.34. The highest BCUT2D eigenvalue weighted by Gasteiger charge is 2.16. The molecule has 0 amide bonds. The van der Waals surface area contributed by atoms with Crippen molar-refractivity contribution >= 4 is 11.8 Å². The van der Waals surface area contributed by atoms with Crippen LogP contribution in [0, 0.1) is 0 Å². The number of likely N-dealkylation sites (N-methyl/N-ethyl adjacent to an activating group) is 1. The van der Waals surface area contributed by atoms with Gasteiger partial charge in [-0.1, -0.05) is 6.92 Å². The molecule has 2 aliphatic rings. The minimum Gasteiger partial charge on any atom is -0.356 e. The van der Waals surface area contributed by atoms with Crippen LogP contribution in [0.2, 0.25) is 0 Å². The van der Waals surface area contributed by atoms with Gasteiger partial charge in [-0.2, -0.15) is 0 Å². The third-order valence-electron chi connectivity index (χ3n) is 4.31. The minimum atomic E-state index is 0.788. The number of piperazine rings is 1. The molecular weight excluding hydrogens is 276 g/mol. The van der Waals surface area contributed by atoms with E-state index in [4.69, 9.17) is 0 Å². The van der Waals surface area contributed by atoms with Crippen molar-refractivity contribution in [1.29, 1.82) is 0 Å². The number of hydrogen-bond acceptors (Lipinski definition) is 6. The molecule has 0 atom stereocenters. The maximum absolute atomic E-state index is 4.54. The van der Waals surface area contributed by atoms with Crippen LogP contribution in [-0.4, -0.2) is 61.7 Å². The van der Waals surface area contributed by atoms with E-state index in [-0.39, 0.29) is 0 Å². The van der Waals surface area contributed by atoms with Crippen molar-refractivity contribution in [2.24, 2.45) is 4.99 Å². The van der Waals surface area contributed by atoms with E-state index >= 15 is 0 Å². The average molecular weight is 302 g/mol. The summed E-state index contributed by atoms with van der Waals surface area (Å²) in [6.45, 7) is 10.5. The smallest absolute Gasteiger partial charge is 0.191 e. The first kappa shape index (κ1) is 15.1. The Hall–Kier alpha value is -1.82. The number of guanidine groups is 1. The second-order valence-corrected chi connectivity index (χ2v) is 5.81. The number of pyridine rings is 1. The summed E-state index contributed by atoms with van der Waals surface area (Å²) < 4.78 is 0. The summed E-state index contributed by atoms with van der Waals surface area (Å²) in [5.74, 6) is 2.01. The summed E-state index contributed by atoms with van der Waals surface area (Å²) in [4.78, 5) is 13.8. The molecule has 1 aromatic rings. The van der Waals surface area contributed by atoms with Crippen LogP contribution >= 0.6 is 0 Å². The molecule has 3 heterocycles. The zero-order valence-electron chi connectivity index (χ0n) is 13.4. The fourth-order valence-electron chi connectivity index (χ4n) is 2.87. The van der Waals surface area contributed by atoms with Crippen LogP contribution in [0.4, 0.5) is 5.82 Å². The largest absolute Gasteiger partial charge is 0.356 e. The molecule has 2 aliphatic heterocycles. The molecule has 0 aromatic carbocycles. The molecule has 0 saturated carbocycles. The van der Waals surface area contributed by atoms with Gasteiger partial charge < -0.3 is 20.4 Å². The summed E-state index contributed by atoms with van der Waals surface area (Å²) >= 11 is 0. The number of nitrogens with one attached hydrogen (secondary N) is 2. The van der Waals surface area contributed by atoms with Crippen molar-refractivity contribution in [3.05, 3.63) is 23.9 Å². The summed E-state index contributed by atoms with van der Waals surface area (Å²) in [5.41, 5.74) is 1.25. The van der Waals surface area contributed by atoms with E-state index in [0.29, 0.717) is 0 Å². The summed E-state index contributed by atoms with van der Waals surface area (Å²) in [7, 11) is 0. The van der Waals surface area contributed by atoms with Gasteiger partial charge in [0, 0.05) is 52.0 Å². The Morgan fingerprint density at radius 1 is 1.27 bits per heavy atom. The fraction of sp³-hybridized carbons (Fsp3) is 0.625. The molecule has 22 heavy (non-hydrogen) atoms. The van der Waals surface area contributed by atoms with Gasteiger partial charge in [0.2, 0.25) is 0 Å². The molecule has 1 saturated heterocycles.